The molecule has 1 aliphatic rings. The van der Waals surface area contributed by atoms with E-state index in [0.717, 1.165) is 43.6 Å². The molecule has 0 unspecified atom stereocenters. The highest BCUT2D eigenvalue weighted by molar-refractivity contribution is 5.71. The van der Waals surface area contributed by atoms with Crippen LogP contribution < -0.4 is 15.4 Å². The second-order valence-electron chi connectivity index (χ2n) is 8.78. The minimum atomic E-state index is -0.782. The zero-order valence-corrected chi connectivity index (χ0v) is 19.1. The minimum absolute atomic E-state index is 0.138. The van der Waals surface area contributed by atoms with Crippen molar-refractivity contribution in [3.63, 3.8) is 0 Å². The van der Waals surface area contributed by atoms with Crippen molar-refractivity contribution in [2.24, 2.45) is 17.8 Å². The number of aliphatic carboxylic acids is 2. The van der Waals surface area contributed by atoms with Crippen LogP contribution in [0.5, 0.6) is 11.5 Å². The molecule has 3 rings (SSSR count). The molecule has 2 aromatic rings. The smallest absolute Gasteiger partial charge is 0.307 e. The Morgan fingerprint density at radius 3 is 2.27 bits per heavy atom. The Hall–Kier alpha value is -2.90. The average Bonchev–Trinajstić information content (AvgIpc) is 3.32. The third kappa shape index (κ3) is 7.58. The van der Waals surface area contributed by atoms with Crippen molar-refractivity contribution >= 4 is 11.9 Å². The number of nitrogens with one attached hydrogen (secondary N) is 2. The second kappa shape index (κ2) is 12.4. The molecule has 178 valence electrons. The van der Waals surface area contributed by atoms with Crippen LogP contribution in [0.1, 0.15) is 30.4 Å². The van der Waals surface area contributed by atoms with Gasteiger partial charge in [-0.15, -0.1) is 0 Å². The van der Waals surface area contributed by atoms with Gasteiger partial charge in [0.05, 0.1) is 11.8 Å². The van der Waals surface area contributed by atoms with E-state index in [1.54, 1.807) is 0 Å². The van der Waals surface area contributed by atoms with Gasteiger partial charge in [0.2, 0.25) is 0 Å². The third-order valence-corrected chi connectivity index (χ3v) is 6.28. The van der Waals surface area contributed by atoms with Crippen molar-refractivity contribution < 1.29 is 24.5 Å². The fourth-order valence-corrected chi connectivity index (χ4v) is 4.46. The normalized spacial score (nSPS) is 17.4. The van der Waals surface area contributed by atoms with E-state index in [1.807, 2.05) is 55.6 Å². The van der Waals surface area contributed by atoms with E-state index in [1.165, 1.54) is 0 Å². The molecule has 2 aromatic carbocycles. The molecule has 0 radical (unpaired) electrons. The van der Waals surface area contributed by atoms with Gasteiger partial charge in [-0.3, -0.25) is 9.59 Å². The number of carboxylic acid groups (broad SMARTS) is 2. The van der Waals surface area contributed by atoms with Crippen molar-refractivity contribution in [2.75, 3.05) is 26.7 Å². The van der Waals surface area contributed by atoms with E-state index in [0.29, 0.717) is 30.8 Å². The number of rotatable bonds is 13. The van der Waals surface area contributed by atoms with E-state index in [9.17, 15) is 19.8 Å². The molecule has 7 nitrogen and oxygen atoms in total. The Labute approximate surface area is 195 Å². The van der Waals surface area contributed by atoms with Crippen LogP contribution in [-0.4, -0.2) is 48.8 Å². The highest BCUT2D eigenvalue weighted by Crippen LogP contribution is 2.28. The molecule has 1 aliphatic heterocycles. The van der Waals surface area contributed by atoms with Crippen molar-refractivity contribution in [1.29, 1.82) is 0 Å². The Bertz CT molecular complexity index is 926. The lowest BCUT2D eigenvalue weighted by Crippen LogP contribution is -2.27. The van der Waals surface area contributed by atoms with E-state index >= 15 is 0 Å². The number of benzene rings is 2. The first-order valence-electron chi connectivity index (χ1n) is 11.6. The number of hydrogen-bond donors (Lipinski definition) is 4. The summed E-state index contributed by atoms with van der Waals surface area (Å²) in [5.41, 5.74) is 1.85. The molecule has 0 saturated carbocycles. The molecule has 3 atom stereocenters. The van der Waals surface area contributed by atoms with Crippen LogP contribution >= 0.6 is 0 Å². The lowest BCUT2D eigenvalue weighted by Gasteiger charge is -2.19. The maximum Gasteiger partial charge on any atom is 0.307 e. The summed E-state index contributed by atoms with van der Waals surface area (Å²) in [6.45, 7) is 2.40. The van der Waals surface area contributed by atoms with Crippen LogP contribution in [0.3, 0.4) is 0 Å². The first-order chi connectivity index (χ1) is 16.0. The van der Waals surface area contributed by atoms with Gasteiger partial charge in [-0.25, -0.2) is 0 Å². The predicted molar refractivity (Wildman–Crippen MR) is 127 cm³/mol. The summed E-state index contributed by atoms with van der Waals surface area (Å²) in [6.07, 6.45) is 3.22. The molecule has 4 N–H and O–H groups in total. The van der Waals surface area contributed by atoms with E-state index in [4.69, 9.17) is 4.74 Å². The maximum atomic E-state index is 11.8. The molecule has 7 heteroatoms. The van der Waals surface area contributed by atoms with Crippen molar-refractivity contribution in [2.45, 2.75) is 32.1 Å². The fraction of sp³-hybridized carbons (Fsp3) is 0.462. The van der Waals surface area contributed by atoms with Crippen LogP contribution in [0.4, 0.5) is 0 Å². The molecular formula is C26H34N2O5. The molecule has 1 fully saturated rings. The zero-order chi connectivity index (χ0) is 23.6. The summed E-state index contributed by atoms with van der Waals surface area (Å²) in [5, 5.41) is 25.6. The number of hydrogen-bond acceptors (Lipinski definition) is 5. The SMILES string of the molecule is CNCCC[C@H](Cc1cccc(Oc2cccc(C[C@H](C(=O)O)[C@H]3CCNC3)c2)c1)C(=O)O. The Balaban J connectivity index is 1.66. The summed E-state index contributed by atoms with van der Waals surface area (Å²) >= 11 is 0. The van der Waals surface area contributed by atoms with Crippen LogP contribution in [0.2, 0.25) is 0 Å². The van der Waals surface area contributed by atoms with Gasteiger partial charge in [-0.05, 0) is 100 Å². The van der Waals surface area contributed by atoms with Crippen LogP contribution in [-0.2, 0) is 22.4 Å². The van der Waals surface area contributed by atoms with Crippen LogP contribution in [0.15, 0.2) is 48.5 Å². The number of ether oxygens (including phenoxy) is 1. The molecule has 1 heterocycles. The Morgan fingerprint density at radius 2 is 1.73 bits per heavy atom. The second-order valence-corrected chi connectivity index (χ2v) is 8.78. The fourth-order valence-electron chi connectivity index (χ4n) is 4.46. The van der Waals surface area contributed by atoms with Gasteiger partial charge in [0.25, 0.3) is 0 Å². The molecule has 33 heavy (non-hydrogen) atoms. The van der Waals surface area contributed by atoms with E-state index in [2.05, 4.69) is 10.6 Å². The van der Waals surface area contributed by atoms with Gasteiger partial charge in [0, 0.05) is 0 Å². The Morgan fingerprint density at radius 1 is 1.06 bits per heavy atom. The number of carboxylic acids is 2. The topological polar surface area (TPSA) is 108 Å². The maximum absolute atomic E-state index is 11.8. The summed E-state index contributed by atoms with van der Waals surface area (Å²) < 4.78 is 6.05. The van der Waals surface area contributed by atoms with Gasteiger partial charge in [-0.1, -0.05) is 24.3 Å². The standard InChI is InChI=1S/C26H34N2O5/c1-27-11-4-7-20(25(29)30)13-18-5-2-8-22(14-18)33-23-9-3-6-19(15-23)16-24(26(31)32)21-10-12-28-17-21/h2-3,5-6,8-9,14-15,20-21,24,27-28H,4,7,10-13,16-17H2,1H3,(H,29,30)(H,31,32)/t20-,21+,24+/m1/s1. The lowest BCUT2D eigenvalue weighted by molar-refractivity contribution is -0.143. The molecule has 0 bridgehead atoms. The Kier molecular flexibility index (Phi) is 9.27. The van der Waals surface area contributed by atoms with Crippen molar-refractivity contribution in [3.05, 3.63) is 59.7 Å². The summed E-state index contributed by atoms with van der Waals surface area (Å²) in [7, 11) is 1.86. The van der Waals surface area contributed by atoms with Gasteiger partial charge >= 0.3 is 11.9 Å². The monoisotopic (exact) mass is 454 g/mol. The average molecular weight is 455 g/mol. The quantitative estimate of drug-likeness (QED) is 0.343. The first-order valence-corrected chi connectivity index (χ1v) is 11.6. The molecule has 0 aromatic heterocycles. The van der Waals surface area contributed by atoms with Gasteiger partial charge in [0.1, 0.15) is 11.5 Å². The summed E-state index contributed by atoms with van der Waals surface area (Å²) in [5.74, 6) is -0.981. The number of carbonyl (C=O) groups is 2. The zero-order valence-electron chi connectivity index (χ0n) is 19.1. The molecule has 1 saturated heterocycles. The molecular weight excluding hydrogens is 420 g/mol. The summed E-state index contributed by atoms with van der Waals surface area (Å²) in [4.78, 5) is 23.5. The van der Waals surface area contributed by atoms with Crippen molar-refractivity contribution in [3.8, 4) is 11.5 Å². The highest BCUT2D eigenvalue weighted by atomic mass is 16.5. The minimum Gasteiger partial charge on any atom is -0.481 e. The molecule has 0 amide bonds. The van der Waals surface area contributed by atoms with Gasteiger partial charge < -0.3 is 25.6 Å². The largest absolute Gasteiger partial charge is 0.481 e. The lowest BCUT2D eigenvalue weighted by atomic mass is 9.86. The van der Waals surface area contributed by atoms with Crippen LogP contribution in [0.25, 0.3) is 0 Å². The molecule has 0 aliphatic carbocycles. The predicted octanol–water partition coefficient (Wildman–Crippen LogP) is 3.57. The highest BCUT2D eigenvalue weighted by Gasteiger charge is 2.30. The van der Waals surface area contributed by atoms with Gasteiger partial charge in [0.15, 0.2) is 0 Å². The van der Waals surface area contributed by atoms with Crippen LogP contribution in [0, 0.1) is 17.8 Å². The van der Waals surface area contributed by atoms with E-state index in [-0.39, 0.29) is 5.92 Å². The summed E-state index contributed by atoms with van der Waals surface area (Å²) in [6, 6.07) is 15.1. The molecule has 0 spiro atoms. The first kappa shape index (κ1) is 24.7. The van der Waals surface area contributed by atoms with E-state index < -0.39 is 23.8 Å². The van der Waals surface area contributed by atoms with Gasteiger partial charge in [-0.2, -0.15) is 0 Å². The third-order valence-electron chi connectivity index (χ3n) is 6.28. The van der Waals surface area contributed by atoms with Crippen molar-refractivity contribution in [1.82, 2.24) is 10.6 Å².